The first-order valence-electron chi connectivity index (χ1n) is 7.15. The molecule has 0 aromatic heterocycles. The van der Waals surface area contributed by atoms with Gasteiger partial charge in [0.05, 0.1) is 16.7 Å². The zero-order chi connectivity index (χ0) is 15.2. The van der Waals surface area contributed by atoms with Crippen molar-refractivity contribution in [3.05, 3.63) is 33.8 Å². The minimum absolute atomic E-state index is 0.0925. The Labute approximate surface area is 135 Å². The molecule has 2 rings (SSSR count). The molecule has 1 N–H and O–H groups in total. The Morgan fingerprint density at radius 3 is 2.67 bits per heavy atom. The highest BCUT2D eigenvalue weighted by Gasteiger charge is 2.20. The van der Waals surface area contributed by atoms with Crippen molar-refractivity contribution in [3.8, 4) is 0 Å². The van der Waals surface area contributed by atoms with Gasteiger partial charge in [-0.1, -0.05) is 29.3 Å². The van der Waals surface area contributed by atoms with Gasteiger partial charge in [0.15, 0.2) is 0 Å². The molecule has 1 aliphatic rings. The summed E-state index contributed by atoms with van der Waals surface area (Å²) in [5.74, 6) is 0.230. The van der Waals surface area contributed by atoms with Gasteiger partial charge in [0, 0.05) is 39.1 Å². The van der Waals surface area contributed by atoms with Crippen LogP contribution in [0.3, 0.4) is 0 Å². The summed E-state index contributed by atoms with van der Waals surface area (Å²) in [6, 6.07) is 5.55. The van der Waals surface area contributed by atoms with Gasteiger partial charge in [-0.05, 0) is 24.1 Å². The zero-order valence-corrected chi connectivity index (χ0v) is 13.4. The first kappa shape index (κ1) is 16.6. The second kappa shape index (κ2) is 7.99. The molecule has 1 fully saturated rings. The summed E-state index contributed by atoms with van der Waals surface area (Å²) < 4.78 is 0. The highest BCUT2D eigenvalue weighted by Crippen LogP contribution is 2.23. The lowest BCUT2D eigenvalue weighted by Crippen LogP contribution is -2.36. The number of hydrogen-bond donors (Lipinski definition) is 1. The molecule has 0 spiro atoms. The molecule has 1 aliphatic heterocycles. The molecule has 0 saturated carbocycles. The van der Waals surface area contributed by atoms with E-state index < -0.39 is 0 Å². The Balaban J connectivity index is 1.91. The number of hydrogen-bond acceptors (Lipinski definition) is 3. The molecule has 21 heavy (non-hydrogen) atoms. The van der Waals surface area contributed by atoms with Gasteiger partial charge < -0.3 is 10.0 Å². The molecule has 1 amide bonds. The molecule has 0 bridgehead atoms. The maximum Gasteiger partial charge on any atom is 0.222 e. The molecule has 1 aromatic rings. The fourth-order valence-corrected chi connectivity index (χ4v) is 2.83. The Morgan fingerprint density at radius 1 is 1.24 bits per heavy atom. The summed E-state index contributed by atoms with van der Waals surface area (Å²) >= 11 is 11.9. The molecule has 116 valence electrons. The minimum atomic E-state index is 0.0925. The molecule has 4 nitrogen and oxygen atoms in total. The van der Waals surface area contributed by atoms with Crippen LogP contribution in [0.5, 0.6) is 0 Å². The molecule has 0 aliphatic carbocycles. The van der Waals surface area contributed by atoms with E-state index in [1.165, 1.54) is 0 Å². The summed E-state index contributed by atoms with van der Waals surface area (Å²) in [6.45, 7) is 3.64. The molecule has 0 radical (unpaired) electrons. The van der Waals surface area contributed by atoms with Gasteiger partial charge in [-0.15, -0.1) is 0 Å². The van der Waals surface area contributed by atoms with E-state index in [0.29, 0.717) is 36.1 Å². The van der Waals surface area contributed by atoms with Crippen LogP contribution in [0.1, 0.15) is 18.4 Å². The van der Waals surface area contributed by atoms with Crippen molar-refractivity contribution >= 4 is 29.1 Å². The van der Waals surface area contributed by atoms with Gasteiger partial charge >= 0.3 is 0 Å². The number of amides is 1. The third-order valence-electron chi connectivity index (χ3n) is 3.66. The third kappa shape index (κ3) is 4.85. The molecule has 1 aromatic carbocycles. The SMILES string of the molecule is O=C1CCCN1CCN(CCO)Cc1ccc(Cl)c(Cl)c1. The van der Waals surface area contributed by atoms with Crippen molar-refractivity contribution in [1.29, 1.82) is 0 Å². The van der Waals surface area contributed by atoms with Crippen molar-refractivity contribution in [3.63, 3.8) is 0 Å². The summed E-state index contributed by atoms with van der Waals surface area (Å²) in [4.78, 5) is 15.6. The van der Waals surface area contributed by atoms with Crippen LogP contribution in [0.2, 0.25) is 10.0 Å². The smallest absolute Gasteiger partial charge is 0.222 e. The molecule has 6 heteroatoms. The van der Waals surface area contributed by atoms with E-state index in [4.69, 9.17) is 23.2 Å². The van der Waals surface area contributed by atoms with Crippen molar-refractivity contribution in [2.45, 2.75) is 19.4 Å². The van der Waals surface area contributed by atoms with Gasteiger partial charge in [-0.2, -0.15) is 0 Å². The number of benzene rings is 1. The van der Waals surface area contributed by atoms with Crippen molar-refractivity contribution in [1.82, 2.24) is 9.80 Å². The predicted molar refractivity (Wildman–Crippen MR) is 84.6 cm³/mol. The van der Waals surface area contributed by atoms with E-state index in [0.717, 1.165) is 25.1 Å². The number of nitrogens with zero attached hydrogens (tertiary/aromatic N) is 2. The highest BCUT2D eigenvalue weighted by molar-refractivity contribution is 6.42. The molecule has 1 saturated heterocycles. The summed E-state index contributed by atoms with van der Waals surface area (Å²) in [5, 5.41) is 10.3. The molecule has 0 atom stereocenters. The van der Waals surface area contributed by atoms with E-state index in [1.807, 2.05) is 17.0 Å². The van der Waals surface area contributed by atoms with E-state index in [1.54, 1.807) is 6.07 Å². The average Bonchev–Trinajstić information content (AvgIpc) is 2.86. The first-order chi connectivity index (χ1) is 10.1. The average molecular weight is 331 g/mol. The maximum atomic E-state index is 11.6. The van der Waals surface area contributed by atoms with Crippen molar-refractivity contribution in [2.75, 3.05) is 32.8 Å². The Kier molecular flexibility index (Phi) is 6.30. The second-order valence-electron chi connectivity index (χ2n) is 5.23. The minimum Gasteiger partial charge on any atom is -0.395 e. The van der Waals surface area contributed by atoms with Gasteiger partial charge in [0.1, 0.15) is 0 Å². The predicted octanol–water partition coefficient (Wildman–Crippen LogP) is 2.41. The van der Waals surface area contributed by atoms with E-state index in [2.05, 4.69) is 4.90 Å². The Hall–Kier alpha value is -0.810. The number of rotatable bonds is 7. The van der Waals surface area contributed by atoms with Crippen molar-refractivity contribution in [2.24, 2.45) is 0 Å². The fourth-order valence-electron chi connectivity index (χ4n) is 2.51. The van der Waals surface area contributed by atoms with E-state index >= 15 is 0 Å². The highest BCUT2D eigenvalue weighted by atomic mass is 35.5. The quantitative estimate of drug-likeness (QED) is 0.834. The van der Waals surface area contributed by atoms with Gasteiger partial charge in [-0.25, -0.2) is 0 Å². The largest absolute Gasteiger partial charge is 0.395 e. The van der Waals surface area contributed by atoms with Gasteiger partial charge in [-0.3, -0.25) is 9.69 Å². The number of halogens is 2. The van der Waals surface area contributed by atoms with Crippen LogP contribution < -0.4 is 0 Å². The van der Waals surface area contributed by atoms with Gasteiger partial charge in [0.25, 0.3) is 0 Å². The lowest BCUT2D eigenvalue weighted by molar-refractivity contribution is -0.127. The van der Waals surface area contributed by atoms with Crippen LogP contribution in [-0.2, 0) is 11.3 Å². The molecule has 0 unspecified atom stereocenters. The lowest BCUT2D eigenvalue weighted by atomic mass is 10.2. The summed E-state index contributed by atoms with van der Waals surface area (Å²) in [7, 11) is 0. The lowest BCUT2D eigenvalue weighted by Gasteiger charge is -2.25. The van der Waals surface area contributed by atoms with E-state index in [-0.39, 0.29) is 12.5 Å². The Bertz CT molecular complexity index is 497. The van der Waals surface area contributed by atoms with Crippen LogP contribution in [0.25, 0.3) is 0 Å². The van der Waals surface area contributed by atoms with Crippen LogP contribution in [0, 0.1) is 0 Å². The van der Waals surface area contributed by atoms with E-state index in [9.17, 15) is 9.90 Å². The molecular formula is C15H20Cl2N2O2. The molecule has 1 heterocycles. The third-order valence-corrected chi connectivity index (χ3v) is 4.40. The van der Waals surface area contributed by atoms with Crippen LogP contribution >= 0.6 is 23.2 Å². The van der Waals surface area contributed by atoms with Crippen LogP contribution in [0.4, 0.5) is 0 Å². The number of likely N-dealkylation sites (tertiary alicyclic amines) is 1. The second-order valence-corrected chi connectivity index (χ2v) is 6.05. The normalized spacial score (nSPS) is 15.2. The summed E-state index contributed by atoms with van der Waals surface area (Å²) in [5.41, 5.74) is 1.05. The van der Waals surface area contributed by atoms with Crippen molar-refractivity contribution < 1.29 is 9.90 Å². The standard InChI is InChI=1S/C15H20Cl2N2O2/c16-13-4-3-12(10-14(13)17)11-18(8-9-20)6-7-19-5-1-2-15(19)21/h3-4,10,20H,1-2,5-9,11H2. The number of carbonyl (C=O) groups is 1. The maximum absolute atomic E-state index is 11.6. The van der Waals surface area contributed by atoms with Crippen LogP contribution in [0.15, 0.2) is 18.2 Å². The van der Waals surface area contributed by atoms with Gasteiger partial charge in [0.2, 0.25) is 5.91 Å². The van der Waals surface area contributed by atoms with Crippen LogP contribution in [-0.4, -0.2) is 53.6 Å². The number of carbonyl (C=O) groups excluding carboxylic acids is 1. The number of aliphatic hydroxyl groups is 1. The summed E-state index contributed by atoms with van der Waals surface area (Å²) in [6.07, 6.45) is 1.61. The first-order valence-corrected chi connectivity index (χ1v) is 7.90. The fraction of sp³-hybridized carbons (Fsp3) is 0.533. The number of aliphatic hydroxyl groups excluding tert-OH is 1. The topological polar surface area (TPSA) is 43.8 Å². The monoisotopic (exact) mass is 330 g/mol. The zero-order valence-electron chi connectivity index (χ0n) is 11.9. The molecular weight excluding hydrogens is 311 g/mol. The Morgan fingerprint density at radius 2 is 2.05 bits per heavy atom.